The van der Waals surface area contributed by atoms with Crippen molar-refractivity contribution in [3.8, 4) is 11.5 Å². The van der Waals surface area contributed by atoms with E-state index in [4.69, 9.17) is 9.47 Å². The molecule has 9 heteroatoms. The lowest BCUT2D eigenvalue weighted by Gasteiger charge is -2.28. The van der Waals surface area contributed by atoms with E-state index in [1.807, 2.05) is 25.1 Å². The van der Waals surface area contributed by atoms with Gasteiger partial charge in [0.05, 0.1) is 37.8 Å². The predicted octanol–water partition coefficient (Wildman–Crippen LogP) is 5.04. The molecule has 1 aliphatic carbocycles. The molecule has 1 aliphatic heterocycles. The van der Waals surface area contributed by atoms with Crippen LogP contribution in [0, 0.1) is 17.7 Å². The number of unbranched alkanes of at least 4 members (excludes halogenated alkanes) is 1. The minimum atomic E-state index is -1.25. The third-order valence-corrected chi connectivity index (χ3v) is 7.99. The Morgan fingerprint density at radius 3 is 2.82 bits per heavy atom. The molecule has 5 rings (SSSR count). The Morgan fingerprint density at radius 2 is 2.05 bits per heavy atom. The first-order valence-corrected chi connectivity index (χ1v) is 13.9. The highest BCUT2D eigenvalue weighted by Gasteiger charge is 2.31. The minimum Gasteiger partial charge on any atom is -0.495 e. The molecule has 0 radical (unpaired) electrons. The molecule has 1 aromatic heterocycles. The van der Waals surface area contributed by atoms with Crippen molar-refractivity contribution in [2.45, 2.75) is 70.4 Å². The second-order valence-corrected chi connectivity index (χ2v) is 10.8. The van der Waals surface area contributed by atoms with Gasteiger partial charge in [-0.2, -0.15) is 0 Å². The van der Waals surface area contributed by atoms with Crippen LogP contribution in [0.5, 0.6) is 11.5 Å². The van der Waals surface area contributed by atoms with E-state index in [9.17, 15) is 14.3 Å². The van der Waals surface area contributed by atoms with Gasteiger partial charge in [0.25, 0.3) is 0 Å². The molecule has 0 spiro atoms. The van der Waals surface area contributed by atoms with Gasteiger partial charge in [-0.3, -0.25) is 4.79 Å². The van der Waals surface area contributed by atoms with Gasteiger partial charge < -0.3 is 19.9 Å². The highest BCUT2D eigenvalue weighted by atomic mass is 19.1. The zero-order valence-corrected chi connectivity index (χ0v) is 22.7. The van der Waals surface area contributed by atoms with Gasteiger partial charge >= 0.3 is 0 Å². The summed E-state index contributed by atoms with van der Waals surface area (Å²) in [4.78, 5) is 12.7. The number of methoxy groups -OCH3 is 1. The van der Waals surface area contributed by atoms with Crippen LogP contribution in [0.3, 0.4) is 0 Å². The quantitative estimate of drug-likeness (QED) is 0.297. The fourth-order valence-corrected chi connectivity index (χ4v) is 5.23. The van der Waals surface area contributed by atoms with Crippen molar-refractivity contribution in [3.63, 3.8) is 0 Å². The summed E-state index contributed by atoms with van der Waals surface area (Å²) in [6.45, 7) is 2.60. The van der Waals surface area contributed by atoms with Gasteiger partial charge in [0.2, 0.25) is 5.91 Å². The SMILES string of the molecule is CCC(O)(Cn1nncc1CCCCC1Cc2cccc(OC)c2NC1=O)c1ccc(F)c(OCC2CC2)c1. The molecule has 1 saturated carbocycles. The van der Waals surface area contributed by atoms with E-state index in [2.05, 4.69) is 15.6 Å². The van der Waals surface area contributed by atoms with Gasteiger partial charge in [-0.05, 0) is 80.2 Å². The van der Waals surface area contributed by atoms with Crippen molar-refractivity contribution >= 4 is 11.6 Å². The third-order valence-electron chi connectivity index (χ3n) is 7.99. The minimum absolute atomic E-state index is 0.0338. The maximum atomic E-state index is 14.3. The summed E-state index contributed by atoms with van der Waals surface area (Å²) in [6, 6.07) is 10.4. The van der Waals surface area contributed by atoms with Gasteiger partial charge in [-0.25, -0.2) is 9.07 Å². The fourth-order valence-electron chi connectivity index (χ4n) is 5.23. The van der Waals surface area contributed by atoms with Crippen molar-refractivity contribution in [2.75, 3.05) is 19.0 Å². The van der Waals surface area contributed by atoms with Crippen molar-refractivity contribution in [2.24, 2.45) is 11.8 Å². The lowest BCUT2D eigenvalue weighted by molar-refractivity contribution is -0.120. The zero-order valence-electron chi connectivity index (χ0n) is 22.7. The molecule has 2 unspecified atom stereocenters. The van der Waals surface area contributed by atoms with E-state index in [-0.39, 0.29) is 24.1 Å². The molecule has 2 aliphatic rings. The maximum Gasteiger partial charge on any atom is 0.227 e. The predicted molar refractivity (Wildman–Crippen MR) is 145 cm³/mol. The number of aliphatic hydroxyl groups is 1. The van der Waals surface area contributed by atoms with Crippen LogP contribution in [0.15, 0.2) is 42.6 Å². The Bertz CT molecular complexity index is 1310. The van der Waals surface area contributed by atoms with Crippen LogP contribution in [0.25, 0.3) is 0 Å². The highest BCUT2D eigenvalue weighted by molar-refractivity contribution is 5.97. The number of hydrogen-bond donors (Lipinski definition) is 2. The van der Waals surface area contributed by atoms with Gasteiger partial charge in [-0.15, -0.1) is 5.10 Å². The summed E-state index contributed by atoms with van der Waals surface area (Å²) < 4.78 is 27.2. The van der Waals surface area contributed by atoms with Gasteiger partial charge in [0.15, 0.2) is 11.6 Å². The average Bonchev–Trinajstić information content (AvgIpc) is 3.68. The number of nitrogens with one attached hydrogen (secondary N) is 1. The van der Waals surface area contributed by atoms with Crippen LogP contribution in [0.4, 0.5) is 10.1 Å². The van der Waals surface area contributed by atoms with Crippen LogP contribution < -0.4 is 14.8 Å². The number of carbonyl (C=O) groups is 1. The molecule has 2 atom stereocenters. The Hall–Kier alpha value is -3.46. The van der Waals surface area contributed by atoms with Gasteiger partial charge in [-0.1, -0.05) is 36.8 Å². The van der Waals surface area contributed by atoms with Crippen LogP contribution >= 0.6 is 0 Å². The number of aromatic nitrogens is 3. The number of amides is 1. The molecule has 1 amide bonds. The van der Waals surface area contributed by atoms with Crippen LogP contribution in [-0.4, -0.2) is 39.7 Å². The first kappa shape index (κ1) is 27.1. The van der Waals surface area contributed by atoms with Gasteiger partial charge in [0, 0.05) is 5.92 Å². The molecule has 2 N–H and O–H groups in total. The molecule has 2 heterocycles. The molecule has 3 aromatic rings. The first-order valence-electron chi connectivity index (χ1n) is 13.9. The summed E-state index contributed by atoms with van der Waals surface area (Å²) in [5.41, 5.74) is 2.14. The van der Waals surface area contributed by atoms with Crippen molar-refractivity contribution < 1.29 is 23.8 Å². The molecule has 0 saturated heterocycles. The number of aryl methyl sites for hydroxylation is 1. The lowest BCUT2D eigenvalue weighted by Crippen LogP contribution is -2.32. The number of rotatable bonds is 13. The van der Waals surface area contributed by atoms with Crippen molar-refractivity contribution in [1.82, 2.24) is 15.0 Å². The van der Waals surface area contributed by atoms with E-state index in [1.54, 1.807) is 30.1 Å². The number of ether oxygens (including phenoxy) is 2. The molecular weight excluding hydrogens is 499 g/mol. The normalized spacial score (nSPS) is 18.3. The Morgan fingerprint density at radius 1 is 1.21 bits per heavy atom. The monoisotopic (exact) mass is 536 g/mol. The second-order valence-electron chi connectivity index (χ2n) is 10.8. The number of fused-ring (bicyclic) bond motifs is 1. The van der Waals surface area contributed by atoms with E-state index >= 15 is 0 Å². The molecule has 2 aromatic carbocycles. The zero-order chi connectivity index (χ0) is 27.4. The summed E-state index contributed by atoms with van der Waals surface area (Å²) >= 11 is 0. The van der Waals surface area contributed by atoms with Crippen LogP contribution in [0.2, 0.25) is 0 Å². The van der Waals surface area contributed by atoms with E-state index in [1.165, 1.54) is 6.07 Å². The maximum absolute atomic E-state index is 14.3. The smallest absolute Gasteiger partial charge is 0.227 e. The Kier molecular flexibility index (Phi) is 8.16. The topological polar surface area (TPSA) is 98.5 Å². The number of hydrogen-bond acceptors (Lipinski definition) is 6. The second kappa shape index (κ2) is 11.7. The summed E-state index contributed by atoms with van der Waals surface area (Å²) in [5, 5.41) is 22.9. The average molecular weight is 537 g/mol. The molecule has 1 fully saturated rings. The molecule has 0 bridgehead atoms. The summed E-state index contributed by atoms with van der Waals surface area (Å²) in [6.07, 6.45) is 8.32. The van der Waals surface area contributed by atoms with Gasteiger partial charge in [0.1, 0.15) is 11.4 Å². The standard InChI is InChI=1S/C30H37FN4O4/c1-3-30(37,23-13-14-25(31)27(16-23)39-18-20-11-12-20)19-35-24(17-32-34-35)9-5-4-7-22-15-21-8-6-10-26(38-2)28(21)33-29(22)36/h6,8,10,13-14,16-17,20,22,37H,3-5,7,9,11-12,15,18-19H2,1-2H3,(H,33,36). The molecule has 8 nitrogen and oxygen atoms in total. The van der Waals surface area contributed by atoms with E-state index in [0.29, 0.717) is 36.7 Å². The third kappa shape index (κ3) is 6.24. The Labute approximate surface area is 228 Å². The number of nitrogens with zero attached hydrogens (tertiary/aromatic N) is 3. The number of carbonyl (C=O) groups excluding carboxylic acids is 1. The first-order chi connectivity index (χ1) is 18.9. The number of para-hydroxylation sites is 1. The van der Waals surface area contributed by atoms with Crippen molar-refractivity contribution in [1.29, 1.82) is 0 Å². The van der Waals surface area contributed by atoms with E-state index < -0.39 is 11.4 Å². The highest BCUT2D eigenvalue weighted by Crippen LogP contribution is 2.36. The number of anilines is 1. The molecular formula is C30H37FN4O4. The number of benzene rings is 2. The Balaban J connectivity index is 1.17. The molecule has 208 valence electrons. The largest absolute Gasteiger partial charge is 0.495 e. The summed E-state index contributed by atoms with van der Waals surface area (Å²) in [5.74, 6) is 0.906. The molecule has 39 heavy (non-hydrogen) atoms. The van der Waals surface area contributed by atoms with Crippen LogP contribution in [-0.2, 0) is 29.8 Å². The van der Waals surface area contributed by atoms with Crippen LogP contribution in [0.1, 0.15) is 62.3 Å². The van der Waals surface area contributed by atoms with E-state index in [0.717, 1.165) is 55.5 Å². The fraction of sp³-hybridized carbons (Fsp3) is 0.500. The lowest BCUT2D eigenvalue weighted by atomic mass is 9.88. The number of halogens is 1. The van der Waals surface area contributed by atoms with Crippen molar-refractivity contribution in [3.05, 3.63) is 65.2 Å². The summed E-state index contributed by atoms with van der Waals surface area (Å²) in [7, 11) is 1.61.